The molecule has 0 aromatic carbocycles. The molecule has 0 atom stereocenters. The molecule has 2 rings (SSSR count). The Hall–Kier alpha value is 0.423. The van der Waals surface area contributed by atoms with E-state index in [9.17, 15) is 0 Å². The first kappa shape index (κ1) is 18.4. The molecule has 0 heterocycles. The summed E-state index contributed by atoms with van der Waals surface area (Å²) in [6.07, 6.45) is 5.80. The molecular weight excluding hydrogens is 342 g/mol. The van der Waals surface area contributed by atoms with Crippen molar-refractivity contribution in [2.45, 2.75) is 41.0 Å². The number of rotatable bonds is 1. The van der Waals surface area contributed by atoms with E-state index in [1.807, 2.05) is 0 Å². The van der Waals surface area contributed by atoms with Crippen LogP contribution in [0, 0.1) is 5.41 Å². The van der Waals surface area contributed by atoms with E-state index in [1.165, 1.54) is 28.7 Å². The van der Waals surface area contributed by atoms with Gasteiger partial charge in [-0.1, -0.05) is 0 Å². The van der Waals surface area contributed by atoms with Gasteiger partial charge in [-0.2, -0.15) is 0 Å². The van der Waals surface area contributed by atoms with Crippen molar-refractivity contribution >= 4 is 0 Å². The van der Waals surface area contributed by atoms with E-state index in [-0.39, 0.29) is 30.2 Å². The van der Waals surface area contributed by atoms with Gasteiger partial charge in [-0.15, -0.1) is 0 Å². The standard InChI is InChI=1S/C15H19.2ClH.Zr/c1-10-11(2)14(13-8-6-7-9-13)15(4,5)12(10)3;;;/h6,8H,7H2,1-5H3;2*1H;/q;;;+2/p-2. The predicted molar refractivity (Wildman–Crippen MR) is 65.6 cm³/mol. The fraction of sp³-hybridized carbons (Fsp3) is 0.467. The molecule has 2 aliphatic rings. The quantitative estimate of drug-likeness (QED) is 0.531. The molecule has 0 saturated carbocycles. The fourth-order valence-corrected chi connectivity index (χ4v) is 3.67. The summed E-state index contributed by atoms with van der Waals surface area (Å²) in [5.41, 5.74) is 7.86. The van der Waals surface area contributed by atoms with Gasteiger partial charge in [-0.3, -0.25) is 0 Å². The third-order valence-corrected chi connectivity index (χ3v) is 5.43. The zero-order chi connectivity index (χ0) is 12.1. The van der Waals surface area contributed by atoms with Gasteiger partial charge in [0.2, 0.25) is 0 Å². The summed E-state index contributed by atoms with van der Waals surface area (Å²) in [6, 6.07) is 0. The molecule has 2 aliphatic carbocycles. The molecule has 0 aromatic rings. The van der Waals surface area contributed by atoms with Crippen LogP contribution >= 0.6 is 0 Å². The maximum Gasteiger partial charge on any atom is -1.00 e. The third kappa shape index (κ3) is 2.65. The molecule has 0 saturated heterocycles. The molecule has 0 unspecified atom stereocenters. The van der Waals surface area contributed by atoms with Crippen LogP contribution in [0.2, 0.25) is 0 Å². The van der Waals surface area contributed by atoms with Gasteiger partial charge in [0.25, 0.3) is 0 Å². The predicted octanol–water partition coefficient (Wildman–Crippen LogP) is -1.55. The summed E-state index contributed by atoms with van der Waals surface area (Å²) in [4.78, 5) is 0. The minimum atomic E-state index is 0. The molecule has 3 heteroatoms. The molecule has 0 radical (unpaired) electrons. The van der Waals surface area contributed by atoms with Crippen LogP contribution in [0.4, 0.5) is 0 Å². The summed E-state index contributed by atoms with van der Waals surface area (Å²) in [5.74, 6) is 0. The van der Waals surface area contributed by atoms with Crippen LogP contribution in [-0.2, 0) is 24.7 Å². The average molecular weight is 361 g/mol. The maximum atomic E-state index is 2.36. The Labute approximate surface area is 138 Å². The number of halogens is 2. The Bertz CT molecular complexity index is 477. The van der Waals surface area contributed by atoms with E-state index < -0.39 is 0 Å². The van der Waals surface area contributed by atoms with Crippen LogP contribution in [-0.4, -0.2) is 0 Å². The van der Waals surface area contributed by atoms with Crippen LogP contribution in [0.5, 0.6) is 0 Å². The molecule has 18 heavy (non-hydrogen) atoms. The Morgan fingerprint density at radius 2 is 1.61 bits per heavy atom. The van der Waals surface area contributed by atoms with Gasteiger partial charge >= 0.3 is 114 Å². The second-order valence-corrected chi connectivity index (χ2v) is 6.86. The fourth-order valence-electron chi connectivity index (χ4n) is 2.87. The first-order valence-corrected chi connectivity index (χ1v) is 7.11. The summed E-state index contributed by atoms with van der Waals surface area (Å²) in [5, 5.41) is 0. The summed E-state index contributed by atoms with van der Waals surface area (Å²) in [6.45, 7) is 11.6. The molecule has 0 fully saturated rings. The third-order valence-electron chi connectivity index (χ3n) is 4.26. The van der Waals surface area contributed by atoms with Crippen molar-refractivity contribution < 1.29 is 49.5 Å². The van der Waals surface area contributed by atoms with Gasteiger partial charge in [0.15, 0.2) is 0 Å². The van der Waals surface area contributed by atoms with Gasteiger partial charge in [0.05, 0.1) is 0 Å². The zero-order valence-corrected chi connectivity index (χ0v) is 15.6. The van der Waals surface area contributed by atoms with Crippen LogP contribution in [0.15, 0.2) is 43.3 Å². The molecule has 0 aromatic heterocycles. The van der Waals surface area contributed by atoms with Gasteiger partial charge in [0.1, 0.15) is 0 Å². The summed E-state index contributed by atoms with van der Waals surface area (Å²) < 4.78 is 1.61. The van der Waals surface area contributed by atoms with Crippen LogP contribution in [0.25, 0.3) is 0 Å². The average Bonchev–Trinajstić information content (AvgIpc) is 2.67. The molecule has 0 aliphatic heterocycles. The van der Waals surface area contributed by atoms with E-state index in [2.05, 4.69) is 46.8 Å². The van der Waals surface area contributed by atoms with E-state index in [0.29, 0.717) is 0 Å². The van der Waals surface area contributed by atoms with Gasteiger partial charge in [0, 0.05) is 0 Å². The van der Waals surface area contributed by atoms with Crippen molar-refractivity contribution in [2.75, 3.05) is 0 Å². The largest absolute Gasteiger partial charge is 1.00 e. The molecule has 0 amide bonds. The monoisotopic (exact) mass is 359 g/mol. The van der Waals surface area contributed by atoms with E-state index >= 15 is 0 Å². The minimum Gasteiger partial charge on any atom is -1.00 e. The normalized spacial score (nSPS) is 21.5. The van der Waals surface area contributed by atoms with Crippen molar-refractivity contribution in [3.8, 4) is 0 Å². The Balaban J connectivity index is 0.00000144. The number of allylic oxidation sites excluding steroid dienone is 8. The summed E-state index contributed by atoms with van der Waals surface area (Å²) >= 11 is 1.57. The Kier molecular flexibility index (Phi) is 6.40. The maximum absolute atomic E-state index is 2.36. The van der Waals surface area contributed by atoms with Crippen LogP contribution in [0.1, 0.15) is 41.0 Å². The molecular formula is C15H19Cl2Zr. The van der Waals surface area contributed by atoms with E-state index in [0.717, 1.165) is 0 Å². The van der Waals surface area contributed by atoms with Crippen LogP contribution in [0.3, 0.4) is 0 Å². The van der Waals surface area contributed by atoms with Crippen molar-refractivity contribution in [2.24, 2.45) is 5.41 Å². The first-order chi connectivity index (χ1) is 7.37. The number of hydrogen-bond donors (Lipinski definition) is 0. The molecule has 0 N–H and O–H groups in total. The van der Waals surface area contributed by atoms with Gasteiger partial charge in [-0.05, 0) is 0 Å². The van der Waals surface area contributed by atoms with Crippen molar-refractivity contribution in [1.82, 2.24) is 0 Å². The van der Waals surface area contributed by atoms with Gasteiger partial charge < -0.3 is 24.8 Å². The first-order valence-electron chi connectivity index (χ1n) is 5.88. The van der Waals surface area contributed by atoms with Gasteiger partial charge in [-0.25, -0.2) is 0 Å². The Morgan fingerprint density at radius 3 is 1.94 bits per heavy atom. The van der Waals surface area contributed by atoms with E-state index in [4.69, 9.17) is 0 Å². The topological polar surface area (TPSA) is 0 Å². The second kappa shape index (κ2) is 6.25. The molecule has 97 valence electrons. The van der Waals surface area contributed by atoms with Crippen molar-refractivity contribution in [1.29, 1.82) is 0 Å². The zero-order valence-electron chi connectivity index (χ0n) is 11.6. The van der Waals surface area contributed by atoms with E-state index in [1.54, 1.807) is 33.6 Å². The molecule has 0 spiro atoms. The molecule has 0 bridgehead atoms. The smallest absolute Gasteiger partial charge is 1.00 e. The second-order valence-electron chi connectivity index (χ2n) is 5.37. The number of hydrogen-bond acceptors (Lipinski definition) is 0. The molecule has 0 nitrogen and oxygen atoms in total. The van der Waals surface area contributed by atoms with Crippen LogP contribution < -0.4 is 24.8 Å². The Morgan fingerprint density at radius 1 is 1.06 bits per heavy atom. The van der Waals surface area contributed by atoms with Crippen molar-refractivity contribution in [3.63, 3.8) is 0 Å². The minimum absolute atomic E-state index is 0. The SMILES string of the molecule is CC1=C(C)C(C)(C)C(C2=[C]([Zr+2])CC=C2)=C1C.[Cl-].[Cl-]. The summed E-state index contributed by atoms with van der Waals surface area (Å²) in [7, 11) is 0. The van der Waals surface area contributed by atoms with Crippen molar-refractivity contribution in [3.05, 3.63) is 43.3 Å².